The molecule has 2 aromatic heterocycles. The molecule has 0 fully saturated rings. The number of halogens is 3. The first kappa shape index (κ1) is 19.7. The lowest BCUT2D eigenvalue weighted by Gasteiger charge is -2.10. The normalized spacial score (nSPS) is 11.3. The fourth-order valence-electron chi connectivity index (χ4n) is 2.29. The SMILES string of the molecule is Cc1nc(-c2ncccn2)sc1C(=O)NCc1cccc(OCC(F)(F)F)c1. The Bertz CT molecular complexity index is 961. The molecule has 0 aliphatic heterocycles. The minimum atomic E-state index is -4.41. The number of aryl methyl sites for hydroxylation is 1. The van der Waals surface area contributed by atoms with Gasteiger partial charge in [0.05, 0.1) is 5.69 Å². The summed E-state index contributed by atoms with van der Waals surface area (Å²) < 4.78 is 41.5. The van der Waals surface area contributed by atoms with Crippen LogP contribution in [0.3, 0.4) is 0 Å². The highest BCUT2D eigenvalue weighted by Crippen LogP contribution is 2.25. The van der Waals surface area contributed by atoms with Gasteiger partial charge in [0.15, 0.2) is 17.4 Å². The second kappa shape index (κ2) is 8.34. The first-order valence-electron chi connectivity index (χ1n) is 8.13. The van der Waals surface area contributed by atoms with E-state index in [1.165, 1.54) is 23.5 Å². The van der Waals surface area contributed by atoms with Crippen LogP contribution in [0.1, 0.15) is 20.9 Å². The monoisotopic (exact) mass is 408 g/mol. The van der Waals surface area contributed by atoms with Crippen molar-refractivity contribution in [1.82, 2.24) is 20.3 Å². The van der Waals surface area contributed by atoms with Gasteiger partial charge in [-0.25, -0.2) is 15.0 Å². The molecule has 146 valence electrons. The zero-order chi connectivity index (χ0) is 20.1. The second-order valence-corrected chi connectivity index (χ2v) is 6.74. The molecule has 0 spiro atoms. The Hall–Kier alpha value is -3.01. The summed E-state index contributed by atoms with van der Waals surface area (Å²) in [5.74, 6) is 0.185. The largest absolute Gasteiger partial charge is 0.484 e. The molecule has 3 aromatic rings. The van der Waals surface area contributed by atoms with Gasteiger partial charge in [-0.3, -0.25) is 4.79 Å². The van der Waals surface area contributed by atoms with Crippen LogP contribution < -0.4 is 10.1 Å². The summed E-state index contributed by atoms with van der Waals surface area (Å²) in [7, 11) is 0. The van der Waals surface area contributed by atoms with Gasteiger partial charge in [0.25, 0.3) is 5.91 Å². The third kappa shape index (κ3) is 5.26. The molecule has 0 bridgehead atoms. The molecule has 2 heterocycles. The van der Waals surface area contributed by atoms with Crippen molar-refractivity contribution in [2.24, 2.45) is 0 Å². The summed E-state index contributed by atoms with van der Waals surface area (Å²) in [6.45, 7) is 0.479. The van der Waals surface area contributed by atoms with Crippen LogP contribution in [-0.4, -0.2) is 33.6 Å². The summed E-state index contributed by atoms with van der Waals surface area (Å²) in [6, 6.07) is 7.81. The minimum Gasteiger partial charge on any atom is -0.484 e. The average Bonchev–Trinajstić information content (AvgIpc) is 3.07. The van der Waals surface area contributed by atoms with E-state index in [9.17, 15) is 18.0 Å². The lowest BCUT2D eigenvalue weighted by atomic mass is 10.2. The molecule has 0 unspecified atom stereocenters. The van der Waals surface area contributed by atoms with Crippen LogP contribution in [0.15, 0.2) is 42.7 Å². The maximum Gasteiger partial charge on any atom is 0.422 e. The van der Waals surface area contributed by atoms with Gasteiger partial charge >= 0.3 is 6.18 Å². The predicted octanol–water partition coefficient (Wildman–Crippen LogP) is 3.78. The van der Waals surface area contributed by atoms with Gasteiger partial charge in [0.1, 0.15) is 10.6 Å². The number of rotatable bonds is 6. The van der Waals surface area contributed by atoms with E-state index in [0.29, 0.717) is 27.0 Å². The van der Waals surface area contributed by atoms with Crippen molar-refractivity contribution in [3.05, 3.63) is 58.9 Å². The third-order valence-electron chi connectivity index (χ3n) is 3.51. The molecule has 0 aliphatic carbocycles. The molecule has 0 radical (unpaired) electrons. The van der Waals surface area contributed by atoms with Gasteiger partial charge in [-0.05, 0) is 30.7 Å². The van der Waals surface area contributed by atoms with E-state index in [-0.39, 0.29) is 18.2 Å². The van der Waals surface area contributed by atoms with Gasteiger partial charge in [0, 0.05) is 18.9 Å². The molecule has 0 saturated heterocycles. The van der Waals surface area contributed by atoms with Crippen LogP contribution in [-0.2, 0) is 6.54 Å². The van der Waals surface area contributed by atoms with Crippen LogP contribution in [0, 0.1) is 6.92 Å². The Balaban J connectivity index is 1.64. The smallest absolute Gasteiger partial charge is 0.422 e. The van der Waals surface area contributed by atoms with Gasteiger partial charge in [-0.15, -0.1) is 11.3 Å². The molecular weight excluding hydrogens is 393 g/mol. The third-order valence-corrected chi connectivity index (χ3v) is 4.67. The Labute approximate surface area is 162 Å². The number of benzene rings is 1. The van der Waals surface area contributed by atoms with Crippen LogP contribution in [0.25, 0.3) is 10.8 Å². The van der Waals surface area contributed by atoms with E-state index in [1.54, 1.807) is 37.5 Å². The quantitative estimate of drug-likeness (QED) is 0.672. The standard InChI is InChI=1S/C18H15F3N4O2S/c1-11-14(28-17(25-11)15-22-6-3-7-23-15)16(26)24-9-12-4-2-5-13(8-12)27-10-18(19,20)21/h2-8H,9-10H2,1H3,(H,24,26). The highest BCUT2D eigenvalue weighted by atomic mass is 32.1. The summed E-state index contributed by atoms with van der Waals surface area (Å²) in [5, 5.41) is 3.27. The van der Waals surface area contributed by atoms with Gasteiger partial charge in [-0.2, -0.15) is 13.2 Å². The van der Waals surface area contributed by atoms with Crippen LogP contribution in [0.4, 0.5) is 13.2 Å². The van der Waals surface area contributed by atoms with Crippen LogP contribution >= 0.6 is 11.3 Å². The molecule has 1 N–H and O–H groups in total. The zero-order valence-electron chi connectivity index (χ0n) is 14.7. The molecule has 6 nitrogen and oxygen atoms in total. The van der Waals surface area contributed by atoms with Crippen LogP contribution in [0.2, 0.25) is 0 Å². The minimum absolute atomic E-state index is 0.0848. The summed E-state index contributed by atoms with van der Waals surface area (Å²) in [4.78, 5) is 25.4. The maximum atomic E-state index is 12.5. The molecule has 28 heavy (non-hydrogen) atoms. The number of carbonyl (C=O) groups excluding carboxylic acids is 1. The topological polar surface area (TPSA) is 77.0 Å². The Morgan fingerprint density at radius 3 is 2.68 bits per heavy atom. The highest BCUT2D eigenvalue weighted by molar-refractivity contribution is 7.17. The van der Waals surface area contributed by atoms with Gasteiger partial charge in [-0.1, -0.05) is 12.1 Å². The number of nitrogens with zero attached hydrogens (tertiary/aromatic N) is 3. The lowest BCUT2D eigenvalue weighted by molar-refractivity contribution is -0.153. The molecule has 3 rings (SSSR count). The van der Waals surface area contributed by atoms with Crippen molar-refractivity contribution in [2.45, 2.75) is 19.6 Å². The number of carbonyl (C=O) groups is 1. The number of aromatic nitrogens is 3. The molecule has 0 saturated carbocycles. The number of alkyl halides is 3. The average molecular weight is 408 g/mol. The first-order valence-corrected chi connectivity index (χ1v) is 8.95. The van der Waals surface area contributed by atoms with Gasteiger partial charge < -0.3 is 10.1 Å². The zero-order valence-corrected chi connectivity index (χ0v) is 15.5. The van der Waals surface area contributed by atoms with Crippen LogP contribution in [0.5, 0.6) is 5.75 Å². The van der Waals surface area contributed by atoms with E-state index in [0.717, 1.165) is 0 Å². The number of nitrogens with one attached hydrogen (secondary N) is 1. The summed E-state index contributed by atoms with van der Waals surface area (Å²) in [6.07, 6.45) is -1.23. The van der Waals surface area contributed by atoms with E-state index in [4.69, 9.17) is 4.74 Å². The first-order chi connectivity index (χ1) is 13.3. The number of hydrogen-bond acceptors (Lipinski definition) is 6. The van der Waals surface area contributed by atoms with E-state index < -0.39 is 12.8 Å². The van der Waals surface area contributed by atoms with Crippen molar-refractivity contribution in [2.75, 3.05) is 6.61 Å². The van der Waals surface area contributed by atoms with E-state index in [2.05, 4.69) is 20.3 Å². The van der Waals surface area contributed by atoms with E-state index >= 15 is 0 Å². The van der Waals surface area contributed by atoms with Crippen molar-refractivity contribution in [1.29, 1.82) is 0 Å². The lowest BCUT2D eigenvalue weighted by Crippen LogP contribution is -2.22. The number of thiazole rings is 1. The molecule has 0 aliphatic rings. The molecule has 10 heteroatoms. The van der Waals surface area contributed by atoms with Crippen molar-refractivity contribution >= 4 is 17.2 Å². The maximum absolute atomic E-state index is 12.5. The summed E-state index contributed by atoms with van der Waals surface area (Å²) in [5.41, 5.74) is 1.16. The van der Waals surface area contributed by atoms with E-state index in [1.807, 2.05) is 0 Å². The Morgan fingerprint density at radius 2 is 1.96 bits per heavy atom. The fourth-order valence-corrected chi connectivity index (χ4v) is 3.22. The number of amides is 1. The van der Waals surface area contributed by atoms with Crippen molar-refractivity contribution < 1.29 is 22.7 Å². The molecular formula is C18H15F3N4O2S. The summed E-state index contributed by atoms with van der Waals surface area (Å²) >= 11 is 1.17. The molecule has 1 amide bonds. The molecule has 1 aromatic carbocycles. The van der Waals surface area contributed by atoms with Gasteiger partial charge in [0.2, 0.25) is 0 Å². The highest BCUT2D eigenvalue weighted by Gasteiger charge is 2.28. The molecule has 0 atom stereocenters. The second-order valence-electron chi connectivity index (χ2n) is 5.74. The van der Waals surface area contributed by atoms with Crippen molar-refractivity contribution in [3.63, 3.8) is 0 Å². The predicted molar refractivity (Wildman–Crippen MR) is 97.0 cm³/mol. The Kier molecular flexibility index (Phi) is 5.88. The van der Waals surface area contributed by atoms with Crippen molar-refractivity contribution in [3.8, 4) is 16.6 Å². The number of ether oxygens (including phenoxy) is 1. The fraction of sp³-hybridized carbons (Fsp3) is 0.222. The Morgan fingerprint density at radius 1 is 1.21 bits per heavy atom. The number of hydrogen-bond donors (Lipinski definition) is 1.